The molecular formula is C22H21FN4O2. The van der Waals surface area contributed by atoms with Crippen molar-refractivity contribution in [2.75, 3.05) is 11.4 Å². The van der Waals surface area contributed by atoms with Crippen molar-refractivity contribution in [1.82, 2.24) is 14.9 Å². The van der Waals surface area contributed by atoms with Crippen LogP contribution < -0.4 is 10.2 Å². The van der Waals surface area contributed by atoms with E-state index in [0.717, 1.165) is 11.1 Å². The first-order valence-electron chi connectivity index (χ1n) is 9.47. The smallest absolute Gasteiger partial charge is 0.227 e. The molecule has 1 atom stereocenters. The Morgan fingerprint density at radius 1 is 1.14 bits per heavy atom. The Bertz CT molecular complexity index is 1020. The zero-order valence-electron chi connectivity index (χ0n) is 15.8. The minimum absolute atomic E-state index is 0.0802. The number of hydrogen-bond donors (Lipinski definition) is 1. The predicted molar refractivity (Wildman–Crippen MR) is 106 cm³/mol. The molecule has 0 aliphatic carbocycles. The Morgan fingerprint density at radius 2 is 1.90 bits per heavy atom. The normalized spacial score (nSPS) is 16.2. The van der Waals surface area contributed by atoms with Crippen LogP contribution in [0.4, 0.5) is 10.1 Å². The molecule has 1 saturated heterocycles. The molecule has 2 heterocycles. The first-order chi connectivity index (χ1) is 14.1. The molecule has 2 aromatic carbocycles. The van der Waals surface area contributed by atoms with Crippen molar-refractivity contribution in [2.24, 2.45) is 5.92 Å². The van der Waals surface area contributed by atoms with Gasteiger partial charge in [0.1, 0.15) is 5.82 Å². The lowest BCUT2D eigenvalue weighted by Gasteiger charge is -2.17. The van der Waals surface area contributed by atoms with E-state index in [-0.39, 0.29) is 30.5 Å². The SMILES string of the molecule is O=C(NCc1ccccc1Cn1ccnc1)[C@H]1CC(=O)N(c2ccccc2F)C1. The number of nitrogens with one attached hydrogen (secondary N) is 1. The molecule has 1 aliphatic heterocycles. The molecule has 2 amide bonds. The average Bonchev–Trinajstić information content (AvgIpc) is 3.37. The molecular weight excluding hydrogens is 371 g/mol. The maximum Gasteiger partial charge on any atom is 0.227 e. The van der Waals surface area contributed by atoms with E-state index in [4.69, 9.17) is 0 Å². The van der Waals surface area contributed by atoms with Crippen molar-refractivity contribution < 1.29 is 14.0 Å². The molecule has 148 valence electrons. The van der Waals surface area contributed by atoms with Gasteiger partial charge in [-0.3, -0.25) is 9.59 Å². The monoisotopic (exact) mass is 392 g/mol. The third-order valence-corrected chi connectivity index (χ3v) is 5.12. The Balaban J connectivity index is 1.40. The number of halogens is 1. The van der Waals surface area contributed by atoms with Gasteiger partial charge in [-0.25, -0.2) is 9.37 Å². The standard InChI is InChI=1S/C22H21FN4O2/c23-19-7-3-4-8-20(19)27-14-18(11-21(27)28)22(29)25-12-16-5-1-2-6-17(16)13-26-10-9-24-15-26/h1-10,15,18H,11-14H2,(H,25,29)/t18-/m0/s1. The molecule has 4 rings (SSSR count). The van der Waals surface area contributed by atoms with Crippen LogP contribution >= 0.6 is 0 Å². The molecule has 1 aliphatic rings. The maximum atomic E-state index is 14.0. The number of carbonyl (C=O) groups excluding carboxylic acids is 2. The van der Waals surface area contributed by atoms with Crippen LogP contribution in [0.1, 0.15) is 17.5 Å². The highest BCUT2D eigenvalue weighted by molar-refractivity contribution is 6.00. The fourth-order valence-electron chi connectivity index (χ4n) is 3.57. The number of rotatable bonds is 6. The van der Waals surface area contributed by atoms with Crippen LogP contribution in [-0.4, -0.2) is 27.9 Å². The summed E-state index contributed by atoms with van der Waals surface area (Å²) in [5, 5.41) is 2.93. The van der Waals surface area contributed by atoms with E-state index >= 15 is 0 Å². The average molecular weight is 392 g/mol. The third-order valence-electron chi connectivity index (χ3n) is 5.12. The number of benzene rings is 2. The number of para-hydroxylation sites is 1. The van der Waals surface area contributed by atoms with Gasteiger partial charge in [0.25, 0.3) is 0 Å². The Morgan fingerprint density at radius 3 is 2.66 bits per heavy atom. The summed E-state index contributed by atoms with van der Waals surface area (Å²) in [6.07, 6.45) is 5.44. The summed E-state index contributed by atoms with van der Waals surface area (Å²) in [6, 6.07) is 14.0. The topological polar surface area (TPSA) is 67.2 Å². The number of imidazole rings is 1. The molecule has 0 radical (unpaired) electrons. The second-order valence-corrected chi connectivity index (χ2v) is 7.08. The van der Waals surface area contributed by atoms with Gasteiger partial charge in [-0.15, -0.1) is 0 Å². The quantitative estimate of drug-likeness (QED) is 0.701. The minimum Gasteiger partial charge on any atom is -0.352 e. The number of amides is 2. The van der Waals surface area contributed by atoms with Gasteiger partial charge in [-0.1, -0.05) is 36.4 Å². The molecule has 0 spiro atoms. The highest BCUT2D eigenvalue weighted by Gasteiger charge is 2.36. The lowest BCUT2D eigenvalue weighted by molar-refractivity contribution is -0.126. The van der Waals surface area contributed by atoms with Crippen molar-refractivity contribution in [3.05, 3.63) is 84.2 Å². The van der Waals surface area contributed by atoms with Crippen LogP contribution in [0.25, 0.3) is 0 Å². The summed E-state index contributed by atoms with van der Waals surface area (Å²) >= 11 is 0. The molecule has 3 aromatic rings. The Labute approximate surface area is 168 Å². The van der Waals surface area contributed by atoms with Gasteiger partial charge in [0, 0.05) is 38.4 Å². The largest absolute Gasteiger partial charge is 0.352 e. The molecule has 1 fully saturated rings. The van der Waals surface area contributed by atoms with Gasteiger partial charge in [0.2, 0.25) is 11.8 Å². The Kier molecular flexibility index (Phi) is 5.37. The van der Waals surface area contributed by atoms with Crippen molar-refractivity contribution in [3.8, 4) is 0 Å². The Hall–Kier alpha value is -3.48. The predicted octanol–water partition coefficient (Wildman–Crippen LogP) is 2.74. The summed E-state index contributed by atoms with van der Waals surface area (Å²) in [5.41, 5.74) is 2.31. The second-order valence-electron chi connectivity index (χ2n) is 7.08. The number of anilines is 1. The molecule has 0 unspecified atom stereocenters. The molecule has 1 aromatic heterocycles. The lowest BCUT2D eigenvalue weighted by Crippen LogP contribution is -2.33. The molecule has 6 nitrogen and oxygen atoms in total. The molecule has 0 bridgehead atoms. The second kappa shape index (κ2) is 8.26. The minimum atomic E-state index is -0.497. The number of aromatic nitrogens is 2. The van der Waals surface area contributed by atoms with E-state index in [9.17, 15) is 14.0 Å². The van der Waals surface area contributed by atoms with Crippen LogP contribution in [-0.2, 0) is 22.7 Å². The summed E-state index contributed by atoms with van der Waals surface area (Å²) in [5.74, 6) is -1.40. The maximum absolute atomic E-state index is 14.0. The van der Waals surface area contributed by atoms with Gasteiger partial charge in [0.15, 0.2) is 0 Å². The number of carbonyl (C=O) groups is 2. The van der Waals surface area contributed by atoms with Crippen molar-refractivity contribution in [2.45, 2.75) is 19.5 Å². The van der Waals surface area contributed by atoms with Crippen molar-refractivity contribution in [1.29, 1.82) is 0 Å². The first kappa shape index (κ1) is 18.9. The summed E-state index contributed by atoms with van der Waals surface area (Å²) in [4.78, 5) is 30.4. The van der Waals surface area contributed by atoms with E-state index in [1.807, 2.05) is 35.0 Å². The highest BCUT2D eigenvalue weighted by Crippen LogP contribution is 2.27. The van der Waals surface area contributed by atoms with Crippen molar-refractivity contribution >= 4 is 17.5 Å². The van der Waals surface area contributed by atoms with E-state index < -0.39 is 11.7 Å². The van der Waals surface area contributed by atoms with Gasteiger partial charge in [0.05, 0.1) is 17.9 Å². The molecule has 7 heteroatoms. The van der Waals surface area contributed by atoms with Crippen LogP contribution in [0, 0.1) is 11.7 Å². The van der Waals surface area contributed by atoms with Gasteiger partial charge in [-0.2, -0.15) is 0 Å². The van der Waals surface area contributed by atoms with Gasteiger partial charge in [-0.05, 0) is 23.3 Å². The van der Waals surface area contributed by atoms with E-state index in [0.29, 0.717) is 13.1 Å². The van der Waals surface area contributed by atoms with E-state index in [2.05, 4.69) is 10.3 Å². The van der Waals surface area contributed by atoms with Gasteiger partial charge >= 0.3 is 0 Å². The zero-order chi connectivity index (χ0) is 20.2. The van der Waals surface area contributed by atoms with Crippen LogP contribution in [0.2, 0.25) is 0 Å². The molecule has 0 saturated carbocycles. The van der Waals surface area contributed by atoms with Crippen LogP contribution in [0.5, 0.6) is 0 Å². The lowest BCUT2D eigenvalue weighted by atomic mass is 10.1. The molecule has 29 heavy (non-hydrogen) atoms. The van der Waals surface area contributed by atoms with E-state index in [1.54, 1.807) is 30.7 Å². The fraction of sp³-hybridized carbons (Fsp3) is 0.227. The van der Waals surface area contributed by atoms with Crippen molar-refractivity contribution in [3.63, 3.8) is 0 Å². The summed E-state index contributed by atoms with van der Waals surface area (Å²) in [7, 11) is 0. The highest BCUT2D eigenvalue weighted by atomic mass is 19.1. The number of hydrogen-bond acceptors (Lipinski definition) is 3. The van der Waals surface area contributed by atoms with E-state index in [1.165, 1.54) is 11.0 Å². The van der Waals surface area contributed by atoms with Crippen LogP contribution in [0.15, 0.2) is 67.3 Å². The first-order valence-corrected chi connectivity index (χ1v) is 9.47. The van der Waals surface area contributed by atoms with Gasteiger partial charge < -0.3 is 14.8 Å². The number of nitrogens with zero attached hydrogens (tertiary/aromatic N) is 3. The zero-order valence-corrected chi connectivity index (χ0v) is 15.8. The summed E-state index contributed by atoms with van der Waals surface area (Å²) < 4.78 is 16.0. The third kappa shape index (κ3) is 4.18. The van der Waals surface area contributed by atoms with Crippen LogP contribution in [0.3, 0.4) is 0 Å². The summed E-state index contributed by atoms with van der Waals surface area (Å²) in [6.45, 7) is 1.21. The molecule has 1 N–H and O–H groups in total. The fourth-order valence-corrected chi connectivity index (χ4v) is 3.57.